The molecular weight excluding hydrogens is 210 g/mol. The van der Waals surface area contributed by atoms with Crippen LogP contribution in [0.25, 0.3) is 0 Å². The molecule has 0 aliphatic heterocycles. The molecule has 1 aromatic heterocycles. The molecule has 0 saturated heterocycles. The molecule has 0 spiro atoms. The molecule has 86 valence electrons. The van der Waals surface area contributed by atoms with Crippen molar-refractivity contribution in [2.75, 3.05) is 5.75 Å². The Labute approximate surface area is 95.0 Å². The summed E-state index contributed by atoms with van der Waals surface area (Å²) in [5.74, 6) is 1.89. The summed E-state index contributed by atoms with van der Waals surface area (Å²) in [5, 5.41) is 8.55. The minimum Gasteiger partial charge on any atom is -0.414 e. The standard InChI is InChI=1S/C10H19N3OS/c1-4-5-6-15-10-13-12-9(14-10)8(11)7(2)3/h7-8H,4-6,11H2,1-3H3. The van der Waals surface area contributed by atoms with E-state index in [-0.39, 0.29) is 6.04 Å². The molecule has 15 heavy (non-hydrogen) atoms. The highest BCUT2D eigenvalue weighted by Gasteiger charge is 2.17. The summed E-state index contributed by atoms with van der Waals surface area (Å²) in [7, 11) is 0. The van der Waals surface area contributed by atoms with Gasteiger partial charge in [0.1, 0.15) is 0 Å². The molecule has 0 aliphatic rings. The molecule has 1 aromatic rings. The zero-order valence-corrected chi connectivity index (χ0v) is 10.4. The summed E-state index contributed by atoms with van der Waals surface area (Å²) in [6.07, 6.45) is 2.35. The van der Waals surface area contributed by atoms with E-state index in [2.05, 4.69) is 17.1 Å². The number of rotatable bonds is 6. The molecular formula is C10H19N3OS. The third-order valence-corrected chi connectivity index (χ3v) is 3.05. The Balaban J connectivity index is 2.48. The Morgan fingerprint density at radius 3 is 2.73 bits per heavy atom. The highest BCUT2D eigenvalue weighted by atomic mass is 32.2. The van der Waals surface area contributed by atoms with Gasteiger partial charge in [0.05, 0.1) is 6.04 Å². The van der Waals surface area contributed by atoms with E-state index in [9.17, 15) is 0 Å². The van der Waals surface area contributed by atoms with E-state index in [0.717, 1.165) is 5.75 Å². The van der Waals surface area contributed by atoms with Crippen molar-refractivity contribution in [2.45, 2.75) is 44.9 Å². The summed E-state index contributed by atoms with van der Waals surface area (Å²) < 4.78 is 5.47. The van der Waals surface area contributed by atoms with Gasteiger partial charge < -0.3 is 10.2 Å². The summed E-state index contributed by atoms with van der Waals surface area (Å²) in [6.45, 7) is 6.24. The number of nitrogens with two attached hydrogens (primary N) is 1. The van der Waals surface area contributed by atoms with Crippen LogP contribution in [0.2, 0.25) is 0 Å². The Bertz CT molecular complexity index is 288. The van der Waals surface area contributed by atoms with Gasteiger partial charge >= 0.3 is 0 Å². The zero-order valence-electron chi connectivity index (χ0n) is 9.56. The van der Waals surface area contributed by atoms with Crippen molar-refractivity contribution in [3.8, 4) is 0 Å². The second-order valence-corrected chi connectivity index (χ2v) is 4.92. The van der Waals surface area contributed by atoms with Gasteiger partial charge in [0, 0.05) is 5.75 Å². The summed E-state index contributed by atoms with van der Waals surface area (Å²) in [5.41, 5.74) is 5.90. The maximum absolute atomic E-state index is 5.90. The number of aromatic nitrogens is 2. The number of unbranched alkanes of at least 4 members (excludes halogenated alkanes) is 1. The highest BCUT2D eigenvalue weighted by Crippen LogP contribution is 2.22. The van der Waals surface area contributed by atoms with E-state index in [1.54, 1.807) is 11.8 Å². The van der Waals surface area contributed by atoms with Crippen molar-refractivity contribution in [1.82, 2.24) is 10.2 Å². The molecule has 4 nitrogen and oxygen atoms in total. The molecule has 2 N–H and O–H groups in total. The Morgan fingerprint density at radius 1 is 1.40 bits per heavy atom. The van der Waals surface area contributed by atoms with Gasteiger partial charge in [-0.3, -0.25) is 0 Å². The first kappa shape index (κ1) is 12.5. The lowest BCUT2D eigenvalue weighted by Crippen LogP contribution is -2.16. The molecule has 0 bridgehead atoms. The average molecular weight is 229 g/mol. The van der Waals surface area contributed by atoms with Crippen molar-refractivity contribution < 1.29 is 4.42 Å². The first-order chi connectivity index (χ1) is 7.15. The number of hydrogen-bond donors (Lipinski definition) is 1. The molecule has 0 fully saturated rings. The van der Waals surface area contributed by atoms with Crippen LogP contribution in [-0.4, -0.2) is 16.0 Å². The van der Waals surface area contributed by atoms with E-state index in [1.807, 2.05) is 13.8 Å². The molecule has 1 rings (SSSR count). The molecule has 0 saturated carbocycles. The van der Waals surface area contributed by atoms with Crippen LogP contribution >= 0.6 is 11.8 Å². The van der Waals surface area contributed by atoms with Crippen LogP contribution in [0.15, 0.2) is 9.64 Å². The quantitative estimate of drug-likeness (QED) is 0.600. The van der Waals surface area contributed by atoms with Crippen molar-refractivity contribution >= 4 is 11.8 Å². The average Bonchev–Trinajstić information content (AvgIpc) is 2.65. The third kappa shape index (κ3) is 3.83. The fraction of sp³-hybridized carbons (Fsp3) is 0.800. The largest absolute Gasteiger partial charge is 0.414 e. The topological polar surface area (TPSA) is 64.9 Å². The molecule has 0 amide bonds. The van der Waals surface area contributed by atoms with Gasteiger partial charge in [-0.15, -0.1) is 10.2 Å². The van der Waals surface area contributed by atoms with Crippen molar-refractivity contribution in [3.05, 3.63) is 5.89 Å². The first-order valence-corrected chi connectivity index (χ1v) is 6.35. The third-order valence-electron chi connectivity index (χ3n) is 2.15. The second-order valence-electron chi connectivity index (χ2n) is 3.88. The molecule has 5 heteroatoms. The van der Waals surface area contributed by atoms with E-state index < -0.39 is 0 Å². The Morgan fingerprint density at radius 2 is 2.13 bits per heavy atom. The van der Waals surface area contributed by atoms with Crippen LogP contribution in [0.3, 0.4) is 0 Å². The highest BCUT2D eigenvalue weighted by molar-refractivity contribution is 7.99. The Kier molecular flexibility index (Phi) is 5.11. The minimum atomic E-state index is -0.155. The van der Waals surface area contributed by atoms with Gasteiger partial charge in [0.25, 0.3) is 5.22 Å². The normalized spacial score (nSPS) is 13.4. The smallest absolute Gasteiger partial charge is 0.276 e. The van der Waals surface area contributed by atoms with Crippen molar-refractivity contribution in [2.24, 2.45) is 11.7 Å². The first-order valence-electron chi connectivity index (χ1n) is 5.37. The van der Waals surface area contributed by atoms with Crippen LogP contribution in [-0.2, 0) is 0 Å². The van der Waals surface area contributed by atoms with Gasteiger partial charge in [0.2, 0.25) is 5.89 Å². The summed E-state index contributed by atoms with van der Waals surface area (Å²) in [4.78, 5) is 0. The summed E-state index contributed by atoms with van der Waals surface area (Å²) in [6, 6.07) is -0.155. The molecule has 0 aliphatic carbocycles. The van der Waals surface area contributed by atoms with Crippen LogP contribution in [0, 0.1) is 5.92 Å². The summed E-state index contributed by atoms with van der Waals surface area (Å²) >= 11 is 1.60. The zero-order chi connectivity index (χ0) is 11.3. The van der Waals surface area contributed by atoms with Crippen molar-refractivity contribution in [3.63, 3.8) is 0 Å². The predicted molar refractivity (Wildman–Crippen MR) is 61.7 cm³/mol. The maximum atomic E-state index is 5.90. The molecule has 0 radical (unpaired) electrons. The number of thioether (sulfide) groups is 1. The maximum Gasteiger partial charge on any atom is 0.276 e. The fourth-order valence-electron chi connectivity index (χ4n) is 1.00. The minimum absolute atomic E-state index is 0.155. The number of nitrogens with zero attached hydrogens (tertiary/aromatic N) is 2. The van der Waals surface area contributed by atoms with Gasteiger partial charge in [-0.1, -0.05) is 39.0 Å². The lowest BCUT2D eigenvalue weighted by molar-refractivity contribution is 0.349. The molecule has 1 atom stereocenters. The molecule has 1 unspecified atom stereocenters. The van der Waals surface area contributed by atoms with Crippen LogP contribution < -0.4 is 5.73 Å². The van der Waals surface area contributed by atoms with Crippen molar-refractivity contribution in [1.29, 1.82) is 0 Å². The van der Waals surface area contributed by atoms with Gasteiger partial charge in [-0.05, 0) is 12.3 Å². The number of hydrogen-bond acceptors (Lipinski definition) is 5. The fourth-order valence-corrected chi connectivity index (χ4v) is 1.85. The van der Waals surface area contributed by atoms with Gasteiger partial charge in [-0.2, -0.15) is 0 Å². The molecule has 1 heterocycles. The Hall–Kier alpha value is -0.550. The van der Waals surface area contributed by atoms with Gasteiger partial charge in [-0.25, -0.2) is 0 Å². The van der Waals surface area contributed by atoms with E-state index >= 15 is 0 Å². The van der Waals surface area contributed by atoms with Gasteiger partial charge in [0.15, 0.2) is 0 Å². The van der Waals surface area contributed by atoms with E-state index in [4.69, 9.17) is 10.2 Å². The van der Waals surface area contributed by atoms with E-state index in [0.29, 0.717) is 17.0 Å². The van der Waals surface area contributed by atoms with Crippen LogP contribution in [0.5, 0.6) is 0 Å². The van der Waals surface area contributed by atoms with E-state index in [1.165, 1.54) is 12.8 Å². The molecule has 0 aromatic carbocycles. The van der Waals surface area contributed by atoms with Crippen LogP contribution in [0.1, 0.15) is 45.5 Å². The lowest BCUT2D eigenvalue weighted by atomic mass is 10.1. The van der Waals surface area contributed by atoms with Crippen LogP contribution in [0.4, 0.5) is 0 Å². The predicted octanol–water partition coefficient (Wildman–Crippen LogP) is 2.62. The lowest BCUT2D eigenvalue weighted by Gasteiger charge is -2.09. The second kappa shape index (κ2) is 6.12. The monoisotopic (exact) mass is 229 g/mol. The SMILES string of the molecule is CCCCSc1nnc(C(N)C(C)C)o1.